The Kier molecular flexibility index (Phi) is 3.50. The zero-order valence-corrected chi connectivity index (χ0v) is 12.0. The van der Waals surface area contributed by atoms with Crippen LogP contribution in [0.4, 0.5) is 10.7 Å². The highest BCUT2D eigenvalue weighted by Gasteiger charge is 2.45. The number of hydrogen-bond acceptors (Lipinski definition) is 6. The van der Waals surface area contributed by atoms with Gasteiger partial charge in [0.25, 0.3) is 0 Å². The van der Waals surface area contributed by atoms with Crippen LogP contribution >= 0.6 is 11.8 Å². The summed E-state index contributed by atoms with van der Waals surface area (Å²) < 4.78 is 4.85. The van der Waals surface area contributed by atoms with Crippen molar-refractivity contribution in [3.63, 3.8) is 0 Å². The first-order chi connectivity index (χ1) is 8.79. The normalized spacial score (nSPS) is 24.4. The Morgan fingerprint density at radius 2 is 2.05 bits per heavy atom. The molecular formula is C11H17N3O4S. The number of rotatable bonds is 3. The molecule has 2 heterocycles. The van der Waals surface area contributed by atoms with Gasteiger partial charge in [-0.1, -0.05) is 5.16 Å². The molecule has 0 aliphatic carbocycles. The summed E-state index contributed by atoms with van der Waals surface area (Å²) in [4.78, 5) is 13.9. The van der Waals surface area contributed by atoms with Crippen LogP contribution < -0.4 is 4.90 Å². The molecule has 1 fully saturated rings. The number of likely N-dealkylation sites (N-methyl/N-ethyl adjacent to an activating group) is 1. The average Bonchev–Trinajstić information content (AvgIpc) is 2.92. The van der Waals surface area contributed by atoms with E-state index in [1.165, 1.54) is 7.05 Å². The monoisotopic (exact) mass is 287 g/mol. The topological polar surface area (TPSA) is 90.0 Å². The van der Waals surface area contributed by atoms with Gasteiger partial charge in [-0.25, -0.2) is 9.69 Å². The first-order valence-electron chi connectivity index (χ1n) is 5.74. The minimum absolute atomic E-state index is 0.123. The van der Waals surface area contributed by atoms with Gasteiger partial charge in [0, 0.05) is 13.1 Å². The molecule has 2 rings (SSSR count). The number of aliphatic hydroxyl groups is 2. The Morgan fingerprint density at radius 1 is 1.42 bits per heavy atom. The van der Waals surface area contributed by atoms with E-state index in [0.717, 1.165) is 9.80 Å². The molecule has 2 N–H and O–H groups in total. The van der Waals surface area contributed by atoms with Crippen molar-refractivity contribution in [2.45, 2.75) is 31.1 Å². The Balaban J connectivity index is 2.31. The SMILES string of the molecule is CSC(C)(C)c1cc(N2C(=O)N(C)C(O)C2O)on1. The maximum Gasteiger partial charge on any atom is 0.331 e. The number of anilines is 1. The van der Waals surface area contributed by atoms with Crippen molar-refractivity contribution in [3.05, 3.63) is 11.8 Å². The largest absolute Gasteiger partial charge is 0.369 e. The molecular weight excluding hydrogens is 270 g/mol. The van der Waals surface area contributed by atoms with Gasteiger partial charge in [-0.05, 0) is 20.1 Å². The Bertz CT molecular complexity index is 490. The molecule has 0 aromatic carbocycles. The van der Waals surface area contributed by atoms with Gasteiger partial charge in [-0.3, -0.25) is 4.90 Å². The number of aliphatic hydroxyl groups excluding tert-OH is 2. The van der Waals surface area contributed by atoms with Crippen molar-refractivity contribution in [2.24, 2.45) is 0 Å². The summed E-state index contributed by atoms with van der Waals surface area (Å²) in [6.07, 6.45) is -0.702. The minimum Gasteiger partial charge on any atom is -0.369 e. The van der Waals surface area contributed by atoms with E-state index in [0.29, 0.717) is 5.69 Å². The fraction of sp³-hybridized carbons (Fsp3) is 0.636. The molecule has 1 saturated heterocycles. The fourth-order valence-corrected chi connectivity index (χ4v) is 2.03. The predicted octanol–water partition coefficient (Wildman–Crippen LogP) is 0.781. The number of thioether (sulfide) groups is 1. The van der Waals surface area contributed by atoms with E-state index in [9.17, 15) is 15.0 Å². The lowest BCUT2D eigenvalue weighted by Gasteiger charge is -2.18. The van der Waals surface area contributed by atoms with Crippen LogP contribution in [0.3, 0.4) is 0 Å². The number of aromatic nitrogens is 1. The summed E-state index contributed by atoms with van der Waals surface area (Å²) in [7, 11) is 1.40. The highest BCUT2D eigenvalue weighted by Crippen LogP contribution is 2.36. The molecule has 0 bridgehead atoms. The van der Waals surface area contributed by atoms with E-state index in [2.05, 4.69) is 5.16 Å². The Morgan fingerprint density at radius 3 is 2.53 bits per heavy atom. The van der Waals surface area contributed by atoms with Crippen LogP contribution in [-0.4, -0.2) is 52.1 Å². The van der Waals surface area contributed by atoms with Crippen LogP contribution in [0.2, 0.25) is 0 Å². The second kappa shape index (κ2) is 4.69. The van der Waals surface area contributed by atoms with Crippen LogP contribution in [0.5, 0.6) is 0 Å². The van der Waals surface area contributed by atoms with Gasteiger partial charge < -0.3 is 14.7 Å². The smallest absolute Gasteiger partial charge is 0.331 e. The van der Waals surface area contributed by atoms with Gasteiger partial charge in [0.1, 0.15) is 5.69 Å². The first kappa shape index (κ1) is 14.2. The van der Waals surface area contributed by atoms with Gasteiger partial charge in [-0.15, -0.1) is 0 Å². The van der Waals surface area contributed by atoms with E-state index in [1.54, 1.807) is 17.8 Å². The molecule has 2 atom stereocenters. The second-order valence-electron chi connectivity index (χ2n) is 4.86. The lowest BCUT2D eigenvalue weighted by atomic mass is 10.1. The van der Waals surface area contributed by atoms with E-state index in [1.807, 2.05) is 20.1 Å². The molecule has 1 aromatic rings. The van der Waals surface area contributed by atoms with E-state index in [-0.39, 0.29) is 10.6 Å². The van der Waals surface area contributed by atoms with Gasteiger partial charge in [0.05, 0.1) is 4.75 Å². The molecule has 1 aromatic heterocycles. The highest BCUT2D eigenvalue weighted by molar-refractivity contribution is 7.99. The molecule has 0 spiro atoms. The van der Waals surface area contributed by atoms with Crippen molar-refractivity contribution in [1.82, 2.24) is 10.1 Å². The van der Waals surface area contributed by atoms with Crippen molar-refractivity contribution in [1.29, 1.82) is 0 Å². The van der Waals surface area contributed by atoms with Gasteiger partial charge >= 0.3 is 6.03 Å². The summed E-state index contributed by atoms with van der Waals surface area (Å²) in [5, 5.41) is 23.4. The third-order valence-electron chi connectivity index (χ3n) is 3.30. The van der Waals surface area contributed by atoms with Crippen LogP contribution in [0.25, 0.3) is 0 Å². The van der Waals surface area contributed by atoms with Crippen LogP contribution in [0.1, 0.15) is 19.5 Å². The molecule has 0 saturated carbocycles. The summed E-state index contributed by atoms with van der Waals surface area (Å²) in [6, 6.07) is 1.06. The van der Waals surface area contributed by atoms with E-state index >= 15 is 0 Å². The van der Waals surface area contributed by atoms with Crippen molar-refractivity contribution in [3.8, 4) is 0 Å². The summed E-state index contributed by atoms with van der Waals surface area (Å²) in [5.74, 6) is 0.123. The number of amides is 2. The number of hydrogen-bond donors (Lipinski definition) is 2. The minimum atomic E-state index is -1.37. The Labute approximate surface area is 115 Å². The van der Waals surface area contributed by atoms with E-state index in [4.69, 9.17) is 4.52 Å². The van der Waals surface area contributed by atoms with E-state index < -0.39 is 18.5 Å². The number of carbonyl (C=O) groups is 1. The third-order valence-corrected chi connectivity index (χ3v) is 4.53. The van der Waals surface area contributed by atoms with Crippen LogP contribution in [0, 0.1) is 0 Å². The lowest BCUT2D eigenvalue weighted by Crippen LogP contribution is -2.36. The quantitative estimate of drug-likeness (QED) is 0.854. The molecule has 1 aliphatic heterocycles. The third kappa shape index (κ3) is 2.19. The predicted molar refractivity (Wildman–Crippen MR) is 70.7 cm³/mol. The summed E-state index contributed by atoms with van der Waals surface area (Å²) >= 11 is 1.59. The van der Waals surface area contributed by atoms with Crippen molar-refractivity contribution < 1.29 is 19.5 Å². The molecule has 7 nitrogen and oxygen atoms in total. The maximum absolute atomic E-state index is 11.9. The summed E-state index contributed by atoms with van der Waals surface area (Å²) in [6.45, 7) is 3.95. The van der Waals surface area contributed by atoms with Crippen LogP contribution in [-0.2, 0) is 4.75 Å². The molecule has 8 heteroatoms. The Hall–Kier alpha value is -1.25. The molecule has 1 aliphatic rings. The standard InChI is InChI=1S/C11H17N3O4S/c1-11(2,19-4)6-5-7(18-12-6)14-9(16)8(15)13(3)10(14)17/h5,8-9,15-16H,1-4H3. The number of carbonyl (C=O) groups excluding carboxylic acids is 1. The zero-order valence-electron chi connectivity index (χ0n) is 11.2. The number of nitrogens with zero attached hydrogens (tertiary/aromatic N) is 3. The highest BCUT2D eigenvalue weighted by atomic mass is 32.2. The van der Waals surface area contributed by atoms with Gasteiger partial charge in [-0.2, -0.15) is 11.8 Å². The molecule has 2 amide bonds. The van der Waals surface area contributed by atoms with Gasteiger partial charge in [0.15, 0.2) is 12.5 Å². The lowest BCUT2D eigenvalue weighted by molar-refractivity contribution is -0.0190. The van der Waals surface area contributed by atoms with Crippen molar-refractivity contribution >= 4 is 23.7 Å². The van der Waals surface area contributed by atoms with Gasteiger partial charge in [0.2, 0.25) is 5.88 Å². The first-order valence-corrected chi connectivity index (χ1v) is 6.96. The summed E-state index contributed by atoms with van der Waals surface area (Å²) in [5.41, 5.74) is 0.666. The molecule has 0 radical (unpaired) electrons. The molecule has 106 valence electrons. The number of urea groups is 1. The van der Waals surface area contributed by atoms with Crippen LogP contribution in [0.15, 0.2) is 10.6 Å². The molecule has 19 heavy (non-hydrogen) atoms. The fourth-order valence-electron chi connectivity index (χ4n) is 1.72. The average molecular weight is 287 g/mol. The van der Waals surface area contributed by atoms with Crippen molar-refractivity contribution in [2.75, 3.05) is 18.2 Å². The zero-order chi connectivity index (χ0) is 14.4. The maximum atomic E-state index is 11.9. The molecule has 2 unspecified atom stereocenters. The second-order valence-corrected chi connectivity index (χ2v) is 6.28.